The maximum absolute atomic E-state index is 9.75. The van der Waals surface area contributed by atoms with E-state index in [0.29, 0.717) is 16.7 Å². The molecule has 0 fully saturated rings. The fourth-order valence-electron chi connectivity index (χ4n) is 5.16. The molecular weight excluding hydrogens is 500 g/mol. The lowest BCUT2D eigenvalue weighted by atomic mass is 9.99. The molecule has 0 heterocycles. The smallest absolute Gasteiger partial charge is 0.0998 e. The van der Waals surface area contributed by atoms with Crippen LogP contribution in [-0.2, 0) is 0 Å². The molecule has 6 rings (SSSR count). The van der Waals surface area contributed by atoms with E-state index in [0.717, 1.165) is 50.1 Å². The molecule has 0 N–H and O–H groups in total. The fourth-order valence-corrected chi connectivity index (χ4v) is 5.16. The molecule has 0 saturated carbocycles. The average Bonchev–Trinajstić information content (AvgIpc) is 3.05. The first-order valence-corrected chi connectivity index (χ1v) is 13.1. The Bertz CT molecular complexity index is 1970. The highest BCUT2D eigenvalue weighted by Crippen LogP contribution is 2.41. The Kier molecular flexibility index (Phi) is 6.69. The zero-order valence-electron chi connectivity index (χ0n) is 22.0. The van der Waals surface area contributed by atoms with Gasteiger partial charge in [-0.25, -0.2) is 0 Å². The summed E-state index contributed by atoms with van der Waals surface area (Å²) in [6.07, 6.45) is 0. The monoisotopic (exact) mass is 522 g/mol. The minimum atomic E-state index is 0.451. The van der Waals surface area contributed by atoms with Crippen LogP contribution in [0.4, 0.5) is 17.1 Å². The molecule has 0 unspecified atom stereocenters. The summed E-state index contributed by atoms with van der Waals surface area (Å²) in [5.74, 6) is 0. The molecule has 0 amide bonds. The van der Waals surface area contributed by atoms with Gasteiger partial charge in [-0.2, -0.15) is 15.8 Å². The predicted molar refractivity (Wildman–Crippen MR) is 164 cm³/mol. The van der Waals surface area contributed by atoms with Crippen molar-refractivity contribution in [1.29, 1.82) is 15.8 Å². The van der Waals surface area contributed by atoms with Gasteiger partial charge < -0.3 is 4.90 Å². The number of benzene rings is 6. The first-order valence-electron chi connectivity index (χ1n) is 13.1. The van der Waals surface area contributed by atoms with E-state index in [1.54, 1.807) is 18.2 Å². The summed E-state index contributed by atoms with van der Waals surface area (Å²) < 4.78 is 0. The lowest BCUT2D eigenvalue weighted by Crippen LogP contribution is -2.10. The van der Waals surface area contributed by atoms with Gasteiger partial charge in [-0.05, 0) is 76.9 Å². The molecule has 0 atom stereocenters. The lowest BCUT2D eigenvalue weighted by molar-refractivity contribution is 1.30. The first kappa shape index (κ1) is 25.1. The Labute approximate surface area is 238 Å². The highest BCUT2D eigenvalue weighted by Gasteiger charge is 2.17. The topological polar surface area (TPSA) is 74.6 Å². The molecular formula is C37H22N4. The average molecular weight is 523 g/mol. The Hall–Kier alpha value is -6.15. The van der Waals surface area contributed by atoms with E-state index in [2.05, 4.69) is 59.5 Å². The zero-order chi connectivity index (χ0) is 28.2. The highest BCUT2D eigenvalue weighted by molar-refractivity contribution is 6.01. The Morgan fingerprint density at radius 3 is 1.49 bits per heavy atom. The molecule has 0 spiro atoms. The minimum Gasteiger partial charge on any atom is -0.310 e. The summed E-state index contributed by atoms with van der Waals surface area (Å²) in [4.78, 5) is 2.19. The zero-order valence-corrected chi connectivity index (χ0v) is 22.0. The largest absolute Gasteiger partial charge is 0.310 e. The third-order valence-electron chi connectivity index (χ3n) is 7.15. The van der Waals surface area contributed by atoms with E-state index < -0.39 is 0 Å². The Balaban J connectivity index is 1.49. The number of nitrogens with zero attached hydrogens (tertiary/aromatic N) is 4. The SMILES string of the molecule is N#Cc1cc(C#N)cc(-c2ccc(N(c3ccc(-c4ccccc4)cc3)c3ccc(C#N)c4ccccc34)cc2)c1. The van der Waals surface area contributed by atoms with Crippen LogP contribution in [0.25, 0.3) is 33.0 Å². The van der Waals surface area contributed by atoms with Crippen molar-refractivity contribution in [2.24, 2.45) is 0 Å². The van der Waals surface area contributed by atoms with E-state index in [4.69, 9.17) is 0 Å². The molecule has 4 nitrogen and oxygen atoms in total. The van der Waals surface area contributed by atoms with Crippen LogP contribution in [0.2, 0.25) is 0 Å². The Morgan fingerprint density at radius 1 is 0.415 bits per heavy atom. The van der Waals surface area contributed by atoms with Crippen LogP contribution < -0.4 is 4.90 Å². The van der Waals surface area contributed by atoms with Gasteiger partial charge in [0.05, 0.1) is 40.6 Å². The second kappa shape index (κ2) is 10.9. The van der Waals surface area contributed by atoms with Gasteiger partial charge in [0.1, 0.15) is 0 Å². The quantitative estimate of drug-likeness (QED) is 0.226. The van der Waals surface area contributed by atoms with Crippen molar-refractivity contribution in [3.8, 4) is 40.5 Å². The molecule has 6 aromatic rings. The number of hydrogen-bond donors (Lipinski definition) is 0. The summed E-state index contributed by atoms with van der Waals surface area (Å²) in [5.41, 5.74) is 8.40. The summed E-state index contributed by atoms with van der Waals surface area (Å²) in [5, 5.41) is 30.5. The molecule has 0 aliphatic carbocycles. The van der Waals surface area contributed by atoms with Gasteiger partial charge in [0.15, 0.2) is 0 Å². The van der Waals surface area contributed by atoms with Crippen LogP contribution in [0.15, 0.2) is 133 Å². The fraction of sp³-hybridized carbons (Fsp3) is 0. The molecule has 4 heteroatoms. The normalized spacial score (nSPS) is 10.4. The number of hydrogen-bond acceptors (Lipinski definition) is 4. The van der Waals surface area contributed by atoms with Crippen LogP contribution >= 0.6 is 0 Å². The third kappa shape index (κ3) is 4.88. The molecule has 0 aromatic heterocycles. The maximum atomic E-state index is 9.75. The van der Waals surface area contributed by atoms with Gasteiger partial charge in [-0.1, -0.05) is 78.9 Å². The molecule has 0 aliphatic rings. The minimum absolute atomic E-state index is 0.451. The first-order chi connectivity index (χ1) is 20.2. The number of rotatable bonds is 5. The molecule has 41 heavy (non-hydrogen) atoms. The molecule has 0 aliphatic heterocycles. The maximum Gasteiger partial charge on any atom is 0.0998 e. The van der Waals surface area contributed by atoms with Gasteiger partial charge >= 0.3 is 0 Å². The third-order valence-corrected chi connectivity index (χ3v) is 7.15. The van der Waals surface area contributed by atoms with Crippen LogP contribution in [-0.4, -0.2) is 0 Å². The predicted octanol–water partition coefficient (Wildman–Crippen LogP) is 9.26. The molecule has 0 radical (unpaired) electrons. The van der Waals surface area contributed by atoms with Gasteiger partial charge in [-0.3, -0.25) is 0 Å². The van der Waals surface area contributed by atoms with Crippen LogP contribution in [0, 0.1) is 34.0 Å². The number of nitriles is 3. The van der Waals surface area contributed by atoms with Gasteiger partial charge in [0.2, 0.25) is 0 Å². The van der Waals surface area contributed by atoms with E-state index >= 15 is 0 Å². The second-order valence-corrected chi connectivity index (χ2v) is 9.61. The van der Waals surface area contributed by atoms with Crippen molar-refractivity contribution in [3.63, 3.8) is 0 Å². The highest BCUT2D eigenvalue weighted by atomic mass is 15.1. The van der Waals surface area contributed by atoms with E-state index in [9.17, 15) is 15.8 Å². The Morgan fingerprint density at radius 2 is 0.927 bits per heavy atom. The molecule has 0 saturated heterocycles. The van der Waals surface area contributed by atoms with E-state index in [-0.39, 0.29) is 0 Å². The summed E-state index contributed by atoms with van der Waals surface area (Å²) in [7, 11) is 0. The van der Waals surface area contributed by atoms with E-state index in [1.807, 2.05) is 78.9 Å². The van der Waals surface area contributed by atoms with Crippen molar-refractivity contribution in [1.82, 2.24) is 0 Å². The van der Waals surface area contributed by atoms with Crippen molar-refractivity contribution >= 4 is 27.8 Å². The van der Waals surface area contributed by atoms with Crippen LogP contribution in [0.1, 0.15) is 16.7 Å². The van der Waals surface area contributed by atoms with Crippen molar-refractivity contribution in [2.45, 2.75) is 0 Å². The van der Waals surface area contributed by atoms with Crippen molar-refractivity contribution < 1.29 is 0 Å². The molecule has 190 valence electrons. The lowest BCUT2D eigenvalue weighted by Gasteiger charge is -2.27. The second-order valence-electron chi connectivity index (χ2n) is 9.61. The molecule has 0 bridgehead atoms. The van der Waals surface area contributed by atoms with Gasteiger partial charge in [0.25, 0.3) is 0 Å². The van der Waals surface area contributed by atoms with Crippen LogP contribution in [0.3, 0.4) is 0 Å². The van der Waals surface area contributed by atoms with Crippen molar-refractivity contribution in [2.75, 3.05) is 4.90 Å². The molecule has 6 aromatic carbocycles. The van der Waals surface area contributed by atoms with Crippen molar-refractivity contribution in [3.05, 3.63) is 150 Å². The van der Waals surface area contributed by atoms with Gasteiger partial charge in [0, 0.05) is 22.1 Å². The summed E-state index contributed by atoms with van der Waals surface area (Å²) in [6.45, 7) is 0. The number of fused-ring (bicyclic) bond motifs is 1. The summed E-state index contributed by atoms with van der Waals surface area (Å²) >= 11 is 0. The standard InChI is InChI=1S/C37H22N4/c38-23-26-20-27(24-39)22-32(21-26)30-12-17-34(18-13-30)41(33-15-10-29(11-16-33)28-6-2-1-3-7-28)37-19-14-31(25-40)35-8-4-5-9-36(35)37/h1-22H. The van der Waals surface area contributed by atoms with E-state index in [1.165, 1.54) is 0 Å². The van der Waals surface area contributed by atoms with Crippen LogP contribution in [0.5, 0.6) is 0 Å². The van der Waals surface area contributed by atoms with Gasteiger partial charge in [-0.15, -0.1) is 0 Å². The summed E-state index contributed by atoms with van der Waals surface area (Å²) in [6, 6.07) is 50.4. The number of anilines is 3.